The van der Waals surface area contributed by atoms with Gasteiger partial charge in [-0.2, -0.15) is 0 Å². The van der Waals surface area contributed by atoms with Gasteiger partial charge in [0.05, 0.1) is 18.5 Å². The summed E-state index contributed by atoms with van der Waals surface area (Å²) in [4.78, 5) is 33.8. The molecule has 2 aromatic rings. The van der Waals surface area contributed by atoms with Crippen LogP contribution in [0.25, 0.3) is 0 Å². The lowest BCUT2D eigenvalue weighted by Crippen LogP contribution is -2.05. The maximum atomic E-state index is 12.3. The second-order valence-electron chi connectivity index (χ2n) is 5.23. The zero-order chi connectivity index (χ0) is 18.2. The molecular formula is C19H18N2O4. The fraction of sp³-hybridized carbons (Fsp3) is 0.105. The number of anilines is 2. The van der Waals surface area contributed by atoms with Gasteiger partial charge in [0.15, 0.2) is 5.78 Å². The van der Waals surface area contributed by atoms with E-state index in [1.165, 1.54) is 6.08 Å². The average Bonchev–Trinajstić information content (AvgIpc) is 2.63. The van der Waals surface area contributed by atoms with Crippen molar-refractivity contribution in [1.29, 1.82) is 0 Å². The first kappa shape index (κ1) is 17.9. The van der Waals surface area contributed by atoms with Crippen LogP contribution < -0.4 is 15.4 Å². The number of hydrogen-bond donors (Lipinski definition) is 2. The maximum Gasteiger partial charge on any atom is 0.211 e. The molecule has 0 aliphatic carbocycles. The number of hydrogen-bond acceptors (Lipinski definition) is 5. The molecule has 0 saturated heterocycles. The number of carbonyl (C=O) groups excluding carboxylic acids is 3. The van der Waals surface area contributed by atoms with Gasteiger partial charge in [-0.3, -0.25) is 14.4 Å². The van der Waals surface area contributed by atoms with Crippen LogP contribution in [0.2, 0.25) is 0 Å². The van der Waals surface area contributed by atoms with Gasteiger partial charge < -0.3 is 15.4 Å². The molecule has 2 aromatic carbocycles. The number of rotatable bonds is 8. The number of ketones is 1. The largest absolute Gasteiger partial charge is 0.497 e. The topological polar surface area (TPSA) is 84.5 Å². The molecule has 0 aliphatic heterocycles. The van der Waals surface area contributed by atoms with Gasteiger partial charge in [0.25, 0.3) is 0 Å². The van der Waals surface area contributed by atoms with Crippen LogP contribution in [-0.4, -0.2) is 25.6 Å². The Labute approximate surface area is 145 Å². The van der Waals surface area contributed by atoms with Crippen molar-refractivity contribution in [2.24, 2.45) is 0 Å². The van der Waals surface area contributed by atoms with Crippen LogP contribution in [0.4, 0.5) is 11.4 Å². The second kappa shape index (κ2) is 8.44. The monoisotopic (exact) mass is 338 g/mol. The minimum Gasteiger partial charge on any atom is -0.497 e. The summed E-state index contributed by atoms with van der Waals surface area (Å²) in [6.07, 6.45) is 2.67. The predicted octanol–water partition coefficient (Wildman–Crippen LogP) is 3.27. The van der Waals surface area contributed by atoms with E-state index in [1.54, 1.807) is 56.5 Å². The summed E-state index contributed by atoms with van der Waals surface area (Å²) in [5.74, 6) is 0.511. The Morgan fingerprint density at radius 3 is 2.36 bits per heavy atom. The molecule has 25 heavy (non-hydrogen) atoms. The number of carbonyl (C=O) groups is 3. The fourth-order valence-corrected chi connectivity index (χ4v) is 2.21. The average molecular weight is 338 g/mol. The molecule has 6 heteroatoms. The van der Waals surface area contributed by atoms with Crippen molar-refractivity contribution in [2.75, 3.05) is 17.7 Å². The zero-order valence-corrected chi connectivity index (χ0v) is 13.9. The van der Waals surface area contributed by atoms with Crippen LogP contribution in [0, 0.1) is 0 Å². The van der Waals surface area contributed by atoms with Crippen molar-refractivity contribution in [3.8, 4) is 5.75 Å². The molecule has 0 aliphatic rings. The summed E-state index contributed by atoms with van der Waals surface area (Å²) < 4.78 is 5.06. The highest BCUT2D eigenvalue weighted by Gasteiger charge is 2.07. The normalized spacial score (nSPS) is 10.7. The highest BCUT2D eigenvalue weighted by molar-refractivity contribution is 6.05. The van der Waals surface area contributed by atoms with Crippen molar-refractivity contribution in [2.45, 2.75) is 6.92 Å². The Morgan fingerprint density at radius 2 is 1.76 bits per heavy atom. The van der Waals surface area contributed by atoms with E-state index >= 15 is 0 Å². The molecule has 128 valence electrons. The van der Waals surface area contributed by atoms with Crippen molar-refractivity contribution in [1.82, 2.24) is 0 Å². The molecule has 0 saturated carbocycles. The van der Waals surface area contributed by atoms with E-state index in [9.17, 15) is 14.4 Å². The van der Waals surface area contributed by atoms with Gasteiger partial charge in [0.2, 0.25) is 6.41 Å². The van der Waals surface area contributed by atoms with Gasteiger partial charge in [-0.05, 0) is 49.4 Å². The smallest absolute Gasteiger partial charge is 0.211 e. The van der Waals surface area contributed by atoms with Crippen LogP contribution in [0.1, 0.15) is 27.6 Å². The summed E-state index contributed by atoms with van der Waals surface area (Å²) >= 11 is 0. The minimum absolute atomic E-state index is 0.165. The van der Waals surface area contributed by atoms with Crippen LogP contribution in [0.5, 0.6) is 5.75 Å². The third-order valence-corrected chi connectivity index (χ3v) is 3.45. The van der Waals surface area contributed by atoms with Crippen LogP contribution in [0.15, 0.2) is 54.2 Å². The van der Waals surface area contributed by atoms with Crippen molar-refractivity contribution in [3.63, 3.8) is 0 Å². The number of nitrogens with one attached hydrogen (secondary N) is 2. The van der Waals surface area contributed by atoms with Gasteiger partial charge in [-0.25, -0.2) is 0 Å². The van der Waals surface area contributed by atoms with E-state index in [4.69, 9.17) is 4.74 Å². The summed E-state index contributed by atoms with van der Waals surface area (Å²) in [5.41, 5.74) is 2.59. The van der Waals surface area contributed by atoms with Crippen LogP contribution in [-0.2, 0) is 4.79 Å². The highest BCUT2D eigenvalue weighted by atomic mass is 16.5. The van der Waals surface area contributed by atoms with E-state index in [0.717, 1.165) is 0 Å². The number of aldehydes is 1. The Morgan fingerprint density at radius 1 is 1.04 bits per heavy atom. The Kier molecular flexibility index (Phi) is 6.06. The molecule has 0 aromatic heterocycles. The standard InChI is InChI=1S/C19H18N2O4/c1-13(9-19(24)15-4-6-16(25-2)7-5-15)21-17-8-3-14(11-22)10-18(17)20-12-23/h3-12,21H,1-2H3,(H,20,23)/b13-9-. The molecule has 0 radical (unpaired) electrons. The fourth-order valence-electron chi connectivity index (χ4n) is 2.21. The molecule has 0 fully saturated rings. The molecule has 6 nitrogen and oxygen atoms in total. The molecule has 2 N–H and O–H groups in total. The van der Waals surface area contributed by atoms with E-state index in [-0.39, 0.29) is 5.78 Å². The summed E-state index contributed by atoms with van der Waals surface area (Å²) in [7, 11) is 1.56. The van der Waals surface area contributed by atoms with E-state index in [2.05, 4.69) is 10.6 Å². The highest BCUT2D eigenvalue weighted by Crippen LogP contribution is 2.24. The maximum absolute atomic E-state index is 12.3. The molecular weight excluding hydrogens is 320 g/mol. The Bertz CT molecular complexity index is 811. The summed E-state index contributed by atoms with van der Waals surface area (Å²) in [5, 5.41) is 5.57. The first-order chi connectivity index (χ1) is 12.1. The molecule has 2 rings (SSSR count). The number of allylic oxidation sites excluding steroid dienone is 2. The predicted molar refractivity (Wildman–Crippen MR) is 96.2 cm³/mol. The van der Waals surface area contributed by atoms with Gasteiger partial charge >= 0.3 is 0 Å². The SMILES string of the molecule is COc1ccc(C(=O)/C=C(/C)Nc2ccc(C=O)cc2NC=O)cc1. The first-order valence-corrected chi connectivity index (χ1v) is 7.50. The number of amides is 1. The third kappa shape index (κ3) is 4.78. The molecule has 0 spiro atoms. The quantitative estimate of drug-likeness (QED) is 0.438. The molecule has 0 bridgehead atoms. The van der Waals surface area contributed by atoms with Gasteiger partial charge in [0.1, 0.15) is 12.0 Å². The van der Waals surface area contributed by atoms with Crippen LogP contribution in [0.3, 0.4) is 0 Å². The summed E-state index contributed by atoms with van der Waals surface area (Å²) in [6.45, 7) is 1.74. The van der Waals surface area contributed by atoms with Crippen LogP contribution >= 0.6 is 0 Å². The van der Waals surface area contributed by atoms with E-state index in [1.807, 2.05) is 0 Å². The van der Waals surface area contributed by atoms with Crippen molar-refractivity contribution >= 4 is 29.9 Å². The lowest BCUT2D eigenvalue weighted by atomic mass is 10.1. The lowest BCUT2D eigenvalue weighted by Gasteiger charge is -2.12. The first-order valence-electron chi connectivity index (χ1n) is 7.50. The van der Waals surface area contributed by atoms with Gasteiger partial charge in [-0.15, -0.1) is 0 Å². The van der Waals surface area contributed by atoms with Gasteiger partial charge in [0, 0.05) is 22.9 Å². The molecule has 0 unspecified atom stereocenters. The Balaban J connectivity index is 2.18. The molecule has 0 heterocycles. The number of ether oxygens (including phenoxy) is 1. The van der Waals surface area contributed by atoms with E-state index < -0.39 is 0 Å². The number of benzene rings is 2. The van der Waals surface area contributed by atoms with Gasteiger partial charge in [-0.1, -0.05) is 0 Å². The summed E-state index contributed by atoms with van der Waals surface area (Å²) in [6, 6.07) is 11.6. The third-order valence-electron chi connectivity index (χ3n) is 3.45. The molecule has 1 amide bonds. The minimum atomic E-state index is -0.165. The number of methoxy groups -OCH3 is 1. The zero-order valence-electron chi connectivity index (χ0n) is 13.9. The van der Waals surface area contributed by atoms with Crippen molar-refractivity contribution in [3.05, 3.63) is 65.4 Å². The molecule has 0 atom stereocenters. The lowest BCUT2D eigenvalue weighted by molar-refractivity contribution is -0.105. The second-order valence-corrected chi connectivity index (χ2v) is 5.23. The van der Waals surface area contributed by atoms with E-state index in [0.29, 0.717) is 46.6 Å². The van der Waals surface area contributed by atoms with Crippen molar-refractivity contribution < 1.29 is 19.1 Å². The Hall–Kier alpha value is -3.41.